The molecule has 3 aromatic rings. The average Bonchev–Trinajstić information content (AvgIpc) is 3.06. The molecule has 1 heterocycles. The van der Waals surface area contributed by atoms with Gasteiger partial charge >= 0.3 is 0 Å². The van der Waals surface area contributed by atoms with Crippen molar-refractivity contribution in [1.29, 1.82) is 0 Å². The van der Waals surface area contributed by atoms with Crippen LogP contribution in [0.4, 0.5) is 13.2 Å². The molecule has 1 aromatic heterocycles. The molecule has 0 bridgehead atoms. The van der Waals surface area contributed by atoms with E-state index in [1.165, 1.54) is 30.5 Å². The predicted octanol–water partition coefficient (Wildman–Crippen LogP) is 3.76. The summed E-state index contributed by atoms with van der Waals surface area (Å²) in [5, 5.41) is 2.63. The maximum absolute atomic E-state index is 14.3. The highest BCUT2D eigenvalue weighted by atomic mass is 19.1. The first-order valence-corrected chi connectivity index (χ1v) is 8.11. The van der Waals surface area contributed by atoms with Gasteiger partial charge in [-0.2, -0.15) is 0 Å². The van der Waals surface area contributed by atoms with Crippen LogP contribution in [0.25, 0.3) is 6.08 Å². The van der Waals surface area contributed by atoms with E-state index in [-0.39, 0.29) is 11.1 Å². The summed E-state index contributed by atoms with van der Waals surface area (Å²) in [5.74, 6) is -2.30. The van der Waals surface area contributed by atoms with Crippen molar-refractivity contribution in [3.63, 3.8) is 0 Å². The van der Waals surface area contributed by atoms with E-state index in [0.29, 0.717) is 5.82 Å². The standard InChI is InChI=1S/C20H16F3N3O/c1-26-12-11-24-20(26)19(14-5-2-3-6-17(14)23)25-18(27)10-9-13-15(21)7-4-8-16(13)22/h2-12,19H,1H3,(H,25,27)/b10-9+/t19-/m1/s1. The predicted molar refractivity (Wildman–Crippen MR) is 95.0 cm³/mol. The van der Waals surface area contributed by atoms with Crippen LogP contribution >= 0.6 is 0 Å². The van der Waals surface area contributed by atoms with Gasteiger partial charge in [0.2, 0.25) is 5.91 Å². The number of halogens is 3. The van der Waals surface area contributed by atoms with Crippen molar-refractivity contribution in [1.82, 2.24) is 14.9 Å². The van der Waals surface area contributed by atoms with Gasteiger partial charge in [-0.05, 0) is 24.3 Å². The molecule has 138 valence electrons. The Balaban J connectivity index is 1.89. The van der Waals surface area contributed by atoms with Gasteiger partial charge in [-0.3, -0.25) is 4.79 Å². The molecule has 1 amide bonds. The summed E-state index contributed by atoms with van der Waals surface area (Å²) < 4.78 is 43.3. The Kier molecular flexibility index (Phi) is 5.40. The number of aryl methyl sites for hydroxylation is 1. The first-order valence-electron chi connectivity index (χ1n) is 8.11. The third kappa shape index (κ3) is 4.08. The van der Waals surface area contributed by atoms with Gasteiger partial charge in [0.15, 0.2) is 0 Å². The van der Waals surface area contributed by atoms with Crippen molar-refractivity contribution >= 4 is 12.0 Å². The summed E-state index contributed by atoms with van der Waals surface area (Å²) in [4.78, 5) is 16.5. The van der Waals surface area contributed by atoms with E-state index < -0.39 is 29.4 Å². The van der Waals surface area contributed by atoms with Crippen LogP contribution in [0.15, 0.2) is 60.9 Å². The first kappa shape index (κ1) is 18.4. The number of hydrogen-bond acceptors (Lipinski definition) is 2. The van der Waals surface area contributed by atoms with Gasteiger partial charge in [-0.15, -0.1) is 0 Å². The number of hydrogen-bond donors (Lipinski definition) is 1. The van der Waals surface area contributed by atoms with E-state index in [9.17, 15) is 18.0 Å². The molecule has 0 unspecified atom stereocenters. The first-order chi connectivity index (χ1) is 13.0. The molecule has 0 radical (unpaired) electrons. The van der Waals surface area contributed by atoms with Crippen LogP contribution < -0.4 is 5.32 Å². The zero-order chi connectivity index (χ0) is 19.4. The highest BCUT2D eigenvalue weighted by Crippen LogP contribution is 2.23. The van der Waals surface area contributed by atoms with E-state index in [2.05, 4.69) is 10.3 Å². The highest BCUT2D eigenvalue weighted by Gasteiger charge is 2.22. The smallest absolute Gasteiger partial charge is 0.244 e. The van der Waals surface area contributed by atoms with E-state index in [1.807, 2.05) is 0 Å². The van der Waals surface area contributed by atoms with Gasteiger partial charge in [-0.1, -0.05) is 24.3 Å². The molecule has 7 heteroatoms. The van der Waals surface area contributed by atoms with Crippen LogP contribution in [0.1, 0.15) is 23.0 Å². The van der Waals surface area contributed by atoms with Crippen LogP contribution in [0.5, 0.6) is 0 Å². The van der Waals surface area contributed by atoms with Crippen molar-refractivity contribution in [2.75, 3.05) is 0 Å². The topological polar surface area (TPSA) is 46.9 Å². The third-order valence-electron chi connectivity index (χ3n) is 4.02. The lowest BCUT2D eigenvalue weighted by molar-refractivity contribution is -0.117. The van der Waals surface area contributed by atoms with Crippen LogP contribution in [0.2, 0.25) is 0 Å². The molecule has 0 saturated heterocycles. The number of nitrogens with zero attached hydrogens (tertiary/aromatic N) is 2. The van der Waals surface area contributed by atoms with Gasteiger partial charge in [0.05, 0.1) is 0 Å². The van der Waals surface area contributed by atoms with Crippen LogP contribution in [0, 0.1) is 17.5 Å². The van der Waals surface area contributed by atoms with Crippen molar-refractivity contribution in [2.45, 2.75) is 6.04 Å². The highest BCUT2D eigenvalue weighted by molar-refractivity contribution is 5.92. The lowest BCUT2D eigenvalue weighted by Crippen LogP contribution is -2.30. The minimum absolute atomic E-state index is 0.227. The maximum atomic E-state index is 14.3. The Morgan fingerprint density at radius 3 is 2.37 bits per heavy atom. The van der Waals surface area contributed by atoms with Gasteiger partial charge in [0.25, 0.3) is 0 Å². The monoisotopic (exact) mass is 371 g/mol. The number of nitrogens with one attached hydrogen (secondary N) is 1. The van der Waals surface area contributed by atoms with Crippen molar-refractivity contribution in [3.05, 3.63) is 95.3 Å². The fourth-order valence-corrected chi connectivity index (χ4v) is 2.67. The SMILES string of the molecule is Cn1ccnc1[C@H](NC(=O)/C=C/c1c(F)cccc1F)c1ccccc1F. The molecule has 1 atom stereocenters. The fourth-order valence-electron chi connectivity index (χ4n) is 2.67. The lowest BCUT2D eigenvalue weighted by atomic mass is 10.1. The minimum atomic E-state index is -0.867. The number of imidazole rings is 1. The van der Waals surface area contributed by atoms with Gasteiger partial charge < -0.3 is 9.88 Å². The van der Waals surface area contributed by atoms with Gasteiger partial charge in [0, 0.05) is 36.6 Å². The van der Waals surface area contributed by atoms with Crippen molar-refractivity contribution in [3.8, 4) is 0 Å². The number of carbonyl (C=O) groups is 1. The van der Waals surface area contributed by atoms with E-state index in [0.717, 1.165) is 24.3 Å². The molecule has 4 nitrogen and oxygen atoms in total. The molecule has 0 fully saturated rings. The fraction of sp³-hybridized carbons (Fsp3) is 0.100. The number of carbonyl (C=O) groups excluding carboxylic acids is 1. The number of amides is 1. The molecule has 0 aliphatic rings. The van der Waals surface area contributed by atoms with E-state index >= 15 is 0 Å². The van der Waals surface area contributed by atoms with Crippen molar-refractivity contribution < 1.29 is 18.0 Å². The molecule has 27 heavy (non-hydrogen) atoms. The van der Waals surface area contributed by atoms with E-state index in [1.54, 1.807) is 23.9 Å². The molecular weight excluding hydrogens is 355 g/mol. The van der Waals surface area contributed by atoms with Crippen LogP contribution in [0.3, 0.4) is 0 Å². The molecule has 2 aromatic carbocycles. The second-order valence-corrected chi connectivity index (χ2v) is 5.83. The zero-order valence-electron chi connectivity index (χ0n) is 14.4. The number of benzene rings is 2. The minimum Gasteiger partial charge on any atom is -0.338 e. The molecule has 0 aliphatic heterocycles. The van der Waals surface area contributed by atoms with Crippen LogP contribution in [-0.2, 0) is 11.8 Å². The summed E-state index contributed by atoms with van der Waals surface area (Å²) in [5.41, 5.74) is -0.0993. The normalized spacial score (nSPS) is 12.3. The van der Waals surface area contributed by atoms with Gasteiger partial charge in [0.1, 0.15) is 29.3 Å². The largest absolute Gasteiger partial charge is 0.338 e. The second-order valence-electron chi connectivity index (χ2n) is 5.83. The third-order valence-corrected chi connectivity index (χ3v) is 4.02. The number of aromatic nitrogens is 2. The summed E-state index contributed by atoms with van der Waals surface area (Å²) in [6.45, 7) is 0. The molecule has 1 N–H and O–H groups in total. The van der Waals surface area contributed by atoms with Crippen molar-refractivity contribution in [2.24, 2.45) is 7.05 Å². The Bertz CT molecular complexity index is 977. The molecule has 0 spiro atoms. The quantitative estimate of drug-likeness (QED) is 0.695. The maximum Gasteiger partial charge on any atom is 0.244 e. The second kappa shape index (κ2) is 7.90. The lowest BCUT2D eigenvalue weighted by Gasteiger charge is -2.19. The van der Waals surface area contributed by atoms with Gasteiger partial charge in [-0.25, -0.2) is 18.2 Å². The number of rotatable bonds is 5. The summed E-state index contributed by atoms with van der Waals surface area (Å²) in [6.07, 6.45) is 5.23. The summed E-state index contributed by atoms with van der Waals surface area (Å²) in [7, 11) is 1.72. The Labute approximate surface area is 154 Å². The molecule has 0 saturated carbocycles. The summed E-state index contributed by atoms with van der Waals surface area (Å²) in [6, 6.07) is 8.55. The molecule has 3 rings (SSSR count). The Hall–Kier alpha value is -3.35. The molecule has 0 aliphatic carbocycles. The molecular formula is C20H16F3N3O. The average molecular weight is 371 g/mol. The summed E-state index contributed by atoms with van der Waals surface area (Å²) >= 11 is 0. The van der Waals surface area contributed by atoms with E-state index in [4.69, 9.17) is 0 Å². The van der Waals surface area contributed by atoms with Crippen LogP contribution in [-0.4, -0.2) is 15.5 Å². The Morgan fingerprint density at radius 1 is 1.07 bits per heavy atom. The zero-order valence-corrected chi connectivity index (χ0v) is 14.4. The Morgan fingerprint density at radius 2 is 1.74 bits per heavy atom.